The van der Waals surface area contributed by atoms with Gasteiger partial charge in [0.05, 0.1) is 24.8 Å². The predicted octanol–water partition coefficient (Wildman–Crippen LogP) is -10.0. The van der Waals surface area contributed by atoms with E-state index in [0.29, 0.717) is 0 Å². The Morgan fingerprint density at radius 1 is 0.597 bits per heavy atom. The monoisotopic (exact) mass is 959 g/mol. The maximum Gasteiger partial charge on any atom is 0.245 e. The molecule has 382 valence electrons. The fraction of sp³-hybridized carbons (Fsp3) is 0.744. The first-order valence-corrected chi connectivity index (χ1v) is 22.2. The summed E-state index contributed by atoms with van der Waals surface area (Å²) >= 11 is 0. The van der Waals surface area contributed by atoms with Gasteiger partial charge in [-0.3, -0.25) is 47.9 Å². The van der Waals surface area contributed by atoms with Crippen LogP contribution in [0.25, 0.3) is 0 Å². The molecule has 0 aromatic rings. The van der Waals surface area contributed by atoms with Crippen molar-refractivity contribution in [2.24, 2.45) is 40.3 Å². The SMILES string of the molecule is CC(C)[C@@H]1NC(=O)CNC(=O)[C@H](CCN)NC(=O)[C@@H](NC(=O)[C@H](CCN)NC(=O)[C@@H](NC(=O)[C@@H](N)CCN)[C@@H](C)O)CCNC(=O)[C@H]([C@@H](C)O)NC(=O)[C@H](CCN)NC(=O)[C@H](CCN)NC1=O. The first-order chi connectivity index (χ1) is 31.6. The van der Waals surface area contributed by atoms with Crippen molar-refractivity contribution in [2.45, 2.75) is 133 Å². The van der Waals surface area contributed by atoms with Gasteiger partial charge in [0, 0.05) is 6.54 Å². The average molecular weight is 959 g/mol. The summed E-state index contributed by atoms with van der Waals surface area (Å²) in [4.78, 5) is 134. The number of hydrogen-bond donors (Lipinski definition) is 18. The Kier molecular flexibility index (Phi) is 27.1. The molecular formula is C39H74N16O12. The van der Waals surface area contributed by atoms with E-state index in [1.165, 1.54) is 13.8 Å². The van der Waals surface area contributed by atoms with Crippen molar-refractivity contribution in [2.75, 3.05) is 45.8 Å². The maximum atomic E-state index is 14.0. The number of nitrogens with two attached hydrogens (primary N) is 6. The molecule has 1 aliphatic rings. The van der Waals surface area contributed by atoms with Crippen molar-refractivity contribution in [3.05, 3.63) is 0 Å². The van der Waals surface area contributed by atoms with Gasteiger partial charge in [0.15, 0.2) is 0 Å². The zero-order chi connectivity index (χ0) is 51.0. The average Bonchev–Trinajstić information content (AvgIpc) is 3.26. The van der Waals surface area contributed by atoms with E-state index in [1.807, 2.05) is 0 Å². The summed E-state index contributed by atoms with van der Waals surface area (Å²) in [6.45, 7) is 3.96. The van der Waals surface area contributed by atoms with Crippen molar-refractivity contribution in [3.63, 3.8) is 0 Å². The van der Waals surface area contributed by atoms with Crippen molar-refractivity contribution in [3.8, 4) is 0 Å². The van der Waals surface area contributed by atoms with Crippen LogP contribution in [0.4, 0.5) is 0 Å². The Morgan fingerprint density at radius 2 is 1.12 bits per heavy atom. The minimum absolute atomic E-state index is 0.0526. The fourth-order valence-corrected chi connectivity index (χ4v) is 6.49. The number of aliphatic hydroxyl groups is 2. The second-order valence-corrected chi connectivity index (χ2v) is 16.3. The summed E-state index contributed by atoms with van der Waals surface area (Å²) in [5.41, 5.74) is 34.2. The highest BCUT2D eigenvalue weighted by Crippen LogP contribution is 2.07. The third-order valence-corrected chi connectivity index (χ3v) is 10.3. The van der Waals surface area contributed by atoms with Gasteiger partial charge in [-0.05, 0) is 91.0 Å². The zero-order valence-electron chi connectivity index (χ0n) is 38.6. The number of carbonyl (C=O) groups excluding carboxylic acids is 10. The highest BCUT2D eigenvalue weighted by molar-refractivity contribution is 5.98. The van der Waals surface area contributed by atoms with Gasteiger partial charge in [-0.2, -0.15) is 0 Å². The largest absolute Gasteiger partial charge is 0.391 e. The number of nitrogens with one attached hydrogen (secondary N) is 10. The van der Waals surface area contributed by atoms with Crippen molar-refractivity contribution in [1.29, 1.82) is 0 Å². The molecule has 1 aliphatic heterocycles. The molecule has 28 nitrogen and oxygen atoms in total. The topological polar surface area (TPSA) is 488 Å². The summed E-state index contributed by atoms with van der Waals surface area (Å²) < 4.78 is 0. The normalized spacial score (nSPS) is 24.4. The van der Waals surface area contributed by atoms with Crippen LogP contribution < -0.4 is 87.6 Å². The van der Waals surface area contributed by atoms with Gasteiger partial charge in [-0.15, -0.1) is 0 Å². The van der Waals surface area contributed by atoms with E-state index in [0.717, 1.165) is 0 Å². The summed E-state index contributed by atoms with van der Waals surface area (Å²) in [5.74, 6) is -9.72. The lowest BCUT2D eigenvalue weighted by Gasteiger charge is -2.28. The zero-order valence-corrected chi connectivity index (χ0v) is 38.6. The van der Waals surface area contributed by atoms with E-state index < -0.39 is 151 Å². The molecule has 28 heteroatoms. The number of hydrogen-bond acceptors (Lipinski definition) is 18. The van der Waals surface area contributed by atoms with Crippen LogP contribution in [0.15, 0.2) is 0 Å². The van der Waals surface area contributed by atoms with Crippen LogP contribution in [0.3, 0.4) is 0 Å². The van der Waals surface area contributed by atoms with E-state index >= 15 is 0 Å². The van der Waals surface area contributed by atoms with Gasteiger partial charge in [0.2, 0.25) is 59.1 Å². The van der Waals surface area contributed by atoms with Gasteiger partial charge >= 0.3 is 0 Å². The molecule has 1 fully saturated rings. The molecule has 0 radical (unpaired) electrons. The minimum Gasteiger partial charge on any atom is -0.391 e. The number of aliphatic hydroxyl groups excluding tert-OH is 2. The number of amides is 10. The Balaban J connectivity index is 3.69. The van der Waals surface area contributed by atoms with E-state index in [4.69, 9.17) is 34.4 Å². The maximum absolute atomic E-state index is 14.0. The van der Waals surface area contributed by atoms with Crippen LogP contribution in [-0.4, -0.2) is 182 Å². The molecule has 0 unspecified atom stereocenters. The van der Waals surface area contributed by atoms with Crippen LogP contribution in [0, 0.1) is 5.92 Å². The van der Waals surface area contributed by atoms with E-state index in [1.54, 1.807) is 13.8 Å². The van der Waals surface area contributed by atoms with E-state index in [9.17, 15) is 58.2 Å². The Bertz CT molecular complexity index is 1690. The molecule has 0 spiro atoms. The molecular weight excluding hydrogens is 885 g/mol. The van der Waals surface area contributed by atoms with Crippen LogP contribution in [0.2, 0.25) is 0 Å². The molecule has 24 N–H and O–H groups in total. The number of rotatable bonds is 19. The molecule has 1 rings (SSSR count). The van der Waals surface area contributed by atoms with Gasteiger partial charge in [0.1, 0.15) is 48.3 Å². The molecule has 0 aromatic heterocycles. The second-order valence-electron chi connectivity index (χ2n) is 16.3. The van der Waals surface area contributed by atoms with Crippen molar-refractivity contribution < 1.29 is 58.2 Å². The summed E-state index contributed by atoms with van der Waals surface area (Å²) in [6.07, 6.45) is -4.07. The highest BCUT2D eigenvalue weighted by atomic mass is 16.3. The van der Waals surface area contributed by atoms with Crippen LogP contribution in [-0.2, 0) is 47.9 Å². The Hall–Kier alpha value is -5.62. The molecule has 1 saturated heterocycles. The molecule has 11 atom stereocenters. The van der Waals surface area contributed by atoms with Gasteiger partial charge in [-0.25, -0.2) is 0 Å². The summed E-state index contributed by atoms with van der Waals surface area (Å²) in [6, 6.07) is -12.8. The molecule has 10 amide bonds. The Labute approximate surface area is 388 Å². The molecule has 0 aromatic carbocycles. The molecule has 1 heterocycles. The predicted molar refractivity (Wildman–Crippen MR) is 241 cm³/mol. The molecule has 0 saturated carbocycles. The third-order valence-electron chi connectivity index (χ3n) is 10.3. The summed E-state index contributed by atoms with van der Waals surface area (Å²) in [5, 5.41) is 45.3. The standard InChI is InChI=1S/C39H74N16O12/c1-18(2)28-38(66)51-23(7-13-42)33(61)49-25(9-15-44)36(64)55-29(19(3)56)37(65)46-16-10-26(35(63)48-22(6-12-41)32(60)47-17-27(58)53-28)50-34(62)24(8-14-43)52-39(67)30(20(4)57)54-31(59)21(45)5-11-40/h18-26,28-30,56-57H,5-17,40-45H2,1-4H3,(H,46,65)(H,47,60)(H,48,63)(H,49,61)(H,50,62)(H,51,66)(H,52,67)(H,53,58)(H,54,59)(H,55,64)/t19-,20-,21+,22+,23+,24+,25+,26+,28+,29+,30+/m1/s1. The highest BCUT2D eigenvalue weighted by Gasteiger charge is 2.36. The van der Waals surface area contributed by atoms with Crippen LogP contribution >= 0.6 is 0 Å². The Morgan fingerprint density at radius 3 is 1.63 bits per heavy atom. The first kappa shape index (κ1) is 59.4. The quantitative estimate of drug-likeness (QED) is 0.0571. The summed E-state index contributed by atoms with van der Waals surface area (Å²) in [7, 11) is 0. The third kappa shape index (κ3) is 20.4. The first-order valence-electron chi connectivity index (χ1n) is 22.2. The molecule has 0 aliphatic carbocycles. The van der Waals surface area contributed by atoms with Crippen LogP contribution in [0.1, 0.15) is 66.2 Å². The molecule has 67 heavy (non-hydrogen) atoms. The smallest absolute Gasteiger partial charge is 0.245 e. The number of carbonyl (C=O) groups is 10. The van der Waals surface area contributed by atoms with Gasteiger partial charge in [-0.1, -0.05) is 13.8 Å². The fourth-order valence-electron chi connectivity index (χ4n) is 6.49. The second kappa shape index (κ2) is 30.6. The van der Waals surface area contributed by atoms with Crippen molar-refractivity contribution >= 4 is 59.1 Å². The lowest BCUT2D eigenvalue weighted by atomic mass is 10.0. The van der Waals surface area contributed by atoms with Crippen LogP contribution in [0.5, 0.6) is 0 Å². The van der Waals surface area contributed by atoms with Gasteiger partial charge < -0.3 is 97.8 Å². The van der Waals surface area contributed by atoms with Crippen molar-refractivity contribution in [1.82, 2.24) is 53.2 Å². The van der Waals surface area contributed by atoms with E-state index in [-0.39, 0.29) is 64.8 Å². The van der Waals surface area contributed by atoms with Gasteiger partial charge in [0.25, 0.3) is 0 Å². The molecule has 0 bridgehead atoms. The lowest BCUT2D eigenvalue weighted by Crippen LogP contribution is -2.61. The van der Waals surface area contributed by atoms with E-state index in [2.05, 4.69) is 53.2 Å². The lowest BCUT2D eigenvalue weighted by molar-refractivity contribution is -0.136. The minimum atomic E-state index is -1.66.